The molecule has 4 aromatic carbocycles. The van der Waals surface area contributed by atoms with E-state index in [2.05, 4.69) is 57.4 Å². The summed E-state index contributed by atoms with van der Waals surface area (Å²) in [4.78, 5) is 31.7. The average molecular weight is 1260 g/mol. The molecule has 4 bridgehead atoms. The Morgan fingerprint density at radius 2 is 0.942 bits per heavy atom. The zero-order valence-corrected chi connectivity index (χ0v) is 54.8. The van der Waals surface area contributed by atoms with E-state index in [0.29, 0.717) is 48.0 Å². The van der Waals surface area contributed by atoms with E-state index in [1.165, 1.54) is 22.3 Å². The summed E-state index contributed by atoms with van der Waals surface area (Å²) in [5.41, 5.74) is 6.48. The van der Waals surface area contributed by atoms with Gasteiger partial charge in [-0.25, -0.2) is 26.3 Å². The quantitative estimate of drug-likeness (QED) is 0.195. The fraction of sp³-hybridized carbons (Fsp3) is 0.618. The van der Waals surface area contributed by atoms with Crippen molar-refractivity contribution in [3.05, 3.63) is 116 Å². The largest absolute Gasteiger partial charge is 0.490 e. The first-order valence-corrected chi connectivity index (χ1v) is 35.6. The van der Waals surface area contributed by atoms with Crippen LogP contribution < -0.4 is 28.7 Å². The number of hydrogen-bond donors (Lipinski definition) is 2. The lowest BCUT2D eigenvalue weighted by Gasteiger charge is -2.50. The van der Waals surface area contributed by atoms with Gasteiger partial charge in [0.1, 0.15) is 11.5 Å². The highest BCUT2D eigenvalue weighted by molar-refractivity contribution is 7.91. The molecule has 14 nitrogen and oxygen atoms in total. The van der Waals surface area contributed by atoms with Gasteiger partial charge >= 0.3 is 0 Å². The van der Waals surface area contributed by atoms with Crippen molar-refractivity contribution < 1.29 is 45.4 Å². The summed E-state index contributed by atoms with van der Waals surface area (Å²) in [5, 5.41) is 0.109. The summed E-state index contributed by atoms with van der Waals surface area (Å²) in [5.74, 6) is 1.72. The maximum atomic E-state index is 13.4. The molecule has 4 aliphatic heterocycles. The van der Waals surface area contributed by atoms with Crippen LogP contribution in [-0.4, -0.2) is 104 Å². The number of fused-ring (bicyclic) bond motifs is 8. The Hall–Kier alpha value is -4.58. The number of ether oxygens (including phenoxy) is 4. The summed E-state index contributed by atoms with van der Waals surface area (Å²) in [6, 6.07) is 23.2. The summed E-state index contributed by atoms with van der Waals surface area (Å²) >= 11 is 12.8. The van der Waals surface area contributed by atoms with Crippen LogP contribution in [0, 0.1) is 35.5 Å². The molecule has 0 aromatic heterocycles. The van der Waals surface area contributed by atoms with E-state index in [-0.39, 0.29) is 33.9 Å². The molecule has 468 valence electrons. The van der Waals surface area contributed by atoms with Crippen molar-refractivity contribution in [2.75, 3.05) is 63.4 Å². The van der Waals surface area contributed by atoms with Crippen molar-refractivity contribution in [3.8, 4) is 11.5 Å². The minimum atomic E-state index is -3.87. The molecule has 0 saturated heterocycles. The number of anilines is 2. The fourth-order valence-corrected chi connectivity index (χ4v) is 19.3. The number of hydrogen-bond acceptors (Lipinski definition) is 12. The van der Waals surface area contributed by atoms with Gasteiger partial charge in [-0.05, 0) is 236 Å². The lowest BCUT2D eigenvalue weighted by atomic mass is 9.63. The maximum Gasteiger partial charge on any atom is 0.264 e. The standard InChI is InChI=1S/2C34H45ClN2O5S/c2*1-22-7-5-15-33(3,41-4)28-12-9-26(28)19-37-20-34(16-6-8-24-17-27(35)11-13-29(24)34)21-42-31-14-10-25(18-30(31)37)32(38)36-43(39,40)23(22)2/h2*10-11,13-14,17-18,22-23,26,28H,5-9,12,15-16,19-21H2,1-4H3,(H,36,38)/t22-,23+,26-,28+,33+,34-;22-,23+,26-,28+,33-,34-/m00/s1. The number of nitrogens with one attached hydrogen (secondary N) is 2. The second-order valence-corrected chi connectivity index (χ2v) is 32.5. The van der Waals surface area contributed by atoms with E-state index in [1.54, 1.807) is 26.0 Å². The van der Waals surface area contributed by atoms with Crippen LogP contribution in [0.2, 0.25) is 10.0 Å². The molecule has 2 saturated carbocycles. The third kappa shape index (κ3) is 12.3. The summed E-state index contributed by atoms with van der Waals surface area (Å²) in [6.07, 6.45) is 15.6. The second kappa shape index (κ2) is 24.7. The second-order valence-electron chi connectivity index (χ2n) is 27.6. The smallest absolute Gasteiger partial charge is 0.264 e. The monoisotopic (exact) mass is 1260 g/mol. The molecule has 12 atom stereocenters. The van der Waals surface area contributed by atoms with Crippen molar-refractivity contribution >= 4 is 66.4 Å². The zero-order valence-electron chi connectivity index (χ0n) is 51.7. The van der Waals surface area contributed by atoms with Gasteiger partial charge in [0, 0.05) is 72.4 Å². The van der Waals surface area contributed by atoms with Crippen molar-refractivity contribution in [2.45, 2.75) is 177 Å². The molecule has 2 fully saturated rings. The van der Waals surface area contributed by atoms with E-state index < -0.39 is 42.4 Å². The number of carbonyl (C=O) groups is 2. The minimum absolute atomic E-state index is 0.100. The number of sulfonamides is 2. The fourth-order valence-electron chi connectivity index (χ4n) is 16.3. The van der Waals surface area contributed by atoms with Gasteiger partial charge in [-0.1, -0.05) is 62.0 Å². The van der Waals surface area contributed by atoms with Gasteiger partial charge in [0.2, 0.25) is 20.0 Å². The lowest BCUT2D eigenvalue weighted by molar-refractivity contribution is -0.103. The van der Waals surface area contributed by atoms with Gasteiger partial charge in [0.05, 0.1) is 46.3 Å². The Morgan fingerprint density at radius 3 is 1.31 bits per heavy atom. The number of nitrogens with zero attached hydrogens (tertiary/aromatic N) is 2. The molecule has 86 heavy (non-hydrogen) atoms. The molecule has 2 amide bonds. The number of rotatable bonds is 2. The Morgan fingerprint density at radius 1 is 0.535 bits per heavy atom. The van der Waals surface area contributed by atoms with Gasteiger partial charge in [0.25, 0.3) is 11.8 Å². The summed E-state index contributed by atoms with van der Waals surface area (Å²) in [7, 11) is -4.09. The number of methoxy groups -OCH3 is 2. The molecular weight excluding hydrogens is 1170 g/mol. The van der Waals surface area contributed by atoms with Gasteiger partial charge in [-0.15, -0.1) is 0 Å². The van der Waals surface area contributed by atoms with E-state index in [0.717, 1.165) is 162 Å². The Bertz CT molecular complexity index is 3220. The van der Waals surface area contributed by atoms with E-state index >= 15 is 0 Å². The minimum Gasteiger partial charge on any atom is -0.490 e. The molecule has 0 radical (unpaired) electrons. The van der Waals surface area contributed by atoms with Crippen molar-refractivity contribution in [1.29, 1.82) is 0 Å². The molecule has 18 heteroatoms. The van der Waals surface area contributed by atoms with Crippen LogP contribution in [0.5, 0.6) is 11.5 Å². The van der Waals surface area contributed by atoms with Gasteiger partial charge < -0.3 is 28.7 Å². The molecule has 2 N–H and O–H groups in total. The third-order valence-corrected chi connectivity index (χ3v) is 26.9. The maximum absolute atomic E-state index is 13.4. The lowest BCUT2D eigenvalue weighted by Crippen LogP contribution is -2.52. The van der Waals surface area contributed by atoms with Crippen molar-refractivity contribution in [1.82, 2.24) is 9.44 Å². The summed E-state index contributed by atoms with van der Waals surface area (Å²) < 4.78 is 83.6. The first kappa shape index (κ1) is 63.0. The number of carbonyl (C=O) groups excluding carboxylic acids is 2. The number of benzene rings is 4. The first-order chi connectivity index (χ1) is 40.9. The molecule has 2 spiro atoms. The summed E-state index contributed by atoms with van der Waals surface area (Å²) in [6.45, 7) is 16.0. The van der Waals surface area contributed by atoms with Crippen LogP contribution in [0.4, 0.5) is 11.4 Å². The molecule has 4 heterocycles. The molecular formula is C68H90Cl2N4O10S2. The van der Waals surface area contributed by atoms with E-state index in [9.17, 15) is 26.4 Å². The topological polar surface area (TPSA) is 170 Å². The van der Waals surface area contributed by atoms with Crippen LogP contribution in [0.3, 0.4) is 0 Å². The van der Waals surface area contributed by atoms with E-state index in [4.69, 9.17) is 42.1 Å². The third-order valence-electron chi connectivity index (χ3n) is 22.6. The molecule has 0 unspecified atom stereocenters. The van der Waals surface area contributed by atoms with Gasteiger partial charge in [-0.3, -0.25) is 9.59 Å². The Balaban J connectivity index is 0.000000179. The average Bonchev–Trinajstić information content (AvgIpc) is 1.54. The Kier molecular flexibility index (Phi) is 18.1. The molecule has 8 aliphatic rings. The highest BCUT2D eigenvalue weighted by atomic mass is 35.5. The highest BCUT2D eigenvalue weighted by Crippen LogP contribution is 2.52. The van der Waals surface area contributed by atoms with Crippen LogP contribution in [0.15, 0.2) is 72.8 Å². The van der Waals surface area contributed by atoms with Crippen LogP contribution >= 0.6 is 23.2 Å². The highest BCUT2D eigenvalue weighted by Gasteiger charge is 2.50. The number of amides is 2. The van der Waals surface area contributed by atoms with Crippen molar-refractivity contribution in [3.63, 3.8) is 0 Å². The van der Waals surface area contributed by atoms with Crippen LogP contribution in [-0.2, 0) is 53.2 Å². The number of aryl methyl sites for hydroxylation is 2. The Labute approximate surface area is 521 Å². The van der Waals surface area contributed by atoms with E-state index in [1.807, 2.05) is 64.5 Å². The SMILES string of the molecule is CO[C@@]1(C)CCC[C@H](C)[C@@H](C)S(=O)(=O)NC(=O)c2ccc3c(c2)N(C[C@@H]2CC[C@H]21)C[C@@]1(CCCc2cc(Cl)ccc21)CO3.CO[C@]1(C)CCC[C@H](C)[C@@H](C)S(=O)(=O)NC(=O)c2ccc3c(c2)N(C[C@@H]2CC[C@H]21)C[C@@]1(CCCc2cc(Cl)ccc21)CO3. The zero-order chi connectivity index (χ0) is 61.1. The predicted octanol–water partition coefficient (Wildman–Crippen LogP) is 13.0. The van der Waals surface area contributed by atoms with Gasteiger partial charge in [0.15, 0.2) is 0 Å². The molecule has 4 aromatic rings. The van der Waals surface area contributed by atoms with Gasteiger partial charge in [-0.2, -0.15) is 0 Å². The molecule has 4 aliphatic carbocycles. The predicted molar refractivity (Wildman–Crippen MR) is 341 cm³/mol. The first-order valence-electron chi connectivity index (χ1n) is 31.7. The number of halogens is 2. The van der Waals surface area contributed by atoms with Crippen LogP contribution in [0.1, 0.15) is 174 Å². The van der Waals surface area contributed by atoms with Crippen LogP contribution in [0.25, 0.3) is 0 Å². The van der Waals surface area contributed by atoms with Crippen molar-refractivity contribution in [2.24, 2.45) is 35.5 Å². The molecule has 12 rings (SSSR count). The normalized spacial score (nSPS) is 34.2.